The summed E-state index contributed by atoms with van der Waals surface area (Å²) in [5, 5.41) is 6.97. The monoisotopic (exact) mass is 401 g/mol. The molecule has 4 atom stereocenters. The molecule has 154 valence electrons. The lowest BCUT2D eigenvalue weighted by molar-refractivity contribution is -0.144. The van der Waals surface area contributed by atoms with Gasteiger partial charge in [-0.1, -0.05) is 36.4 Å². The molecule has 3 fully saturated rings. The number of carbonyl (C=O) groups is 2. The third kappa shape index (κ3) is 2.68. The summed E-state index contributed by atoms with van der Waals surface area (Å²) in [6.07, 6.45) is 4.77. The minimum atomic E-state index is -0.403. The zero-order valence-corrected chi connectivity index (χ0v) is 17.1. The lowest BCUT2D eigenvalue weighted by Gasteiger charge is -2.56. The number of para-hydroxylation sites is 1. The van der Waals surface area contributed by atoms with Crippen molar-refractivity contribution in [2.45, 2.75) is 44.3 Å². The Bertz CT molecular complexity index is 1030. The minimum Gasteiger partial charge on any atom is -0.362 e. The van der Waals surface area contributed by atoms with E-state index in [0.717, 1.165) is 50.9 Å². The summed E-state index contributed by atoms with van der Waals surface area (Å²) in [6.45, 7) is 1.55. The molecule has 2 aromatic rings. The van der Waals surface area contributed by atoms with Crippen LogP contribution in [-0.2, 0) is 17.8 Å². The molecule has 0 saturated heterocycles. The molecular weight excluding hydrogens is 374 g/mol. The van der Waals surface area contributed by atoms with Crippen molar-refractivity contribution in [2.24, 2.45) is 17.8 Å². The van der Waals surface area contributed by atoms with Crippen LogP contribution in [-0.4, -0.2) is 28.9 Å². The van der Waals surface area contributed by atoms with Gasteiger partial charge in [-0.15, -0.1) is 0 Å². The van der Waals surface area contributed by atoms with Crippen LogP contribution < -0.4 is 10.6 Å². The molecule has 7 rings (SSSR count). The Hall–Kier alpha value is -2.82. The molecular formula is C25H27N3O2. The van der Waals surface area contributed by atoms with E-state index in [1.54, 1.807) is 0 Å². The van der Waals surface area contributed by atoms with Crippen molar-refractivity contribution in [3.63, 3.8) is 0 Å². The highest BCUT2D eigenvalue weighted by Crippen LogP contribution is 2.52. The molecule has 5 aliphatic rings. The minimum absolute atomic E-state index is 0.00686. The van der Waals surface area contributed by atoms with E-state index in [-0.39, 0.29) is 17.7 Å². The molecule has 2 N–H and O–H groups in total. The number of fused-ring (bicyclic) bond motifs is 4. The maximum atomic E-state index is 13.5. The van der Waals surface area contributed by atoms with E-state index in [1.165, 1.54) is 11.1 Å². The van der Waals surface area contributed by atoms with Crippen LogP contribution in [0, 0.1) is 17.8 Å². The van der Waals surface area contributed by atoms with Gasteiger partial charge in [0.05, 0.1) is 5.56 Å². The van der Waals surface area contributed by atoms with Crippen molar-refractivity contribution in [3.05, 3.63) is 65.2 Å². The number of carbonyl (C=O) groups excluding carboxylic acids is 2. The fourth-order valence-corrected chi connectivity index (χ4v) is 6.36. The largest absolute Gasteiger partial charge is 0.362 e. The summed E-state index contributed by atoms with van der Waals surface area (Å²) in [7, 11) is 0. The van der Waals surface area contributed by atoms with Crippen molar-refractivity contribution >= 4 is 17.5 Å². The van der Waals surface area contributed by atoms with Gasteiger partial charge >= 0.3 is 0 Å². The van der Waals surface area contributed by atoms with Crippen LogP contribution in [0.15, 0.2) is 48.5 Å². The normalized spacial score (nSPS) is 31.5. The van der Waals surface area contributed by atoms with E-state index < -0.39 is 5.66 Å². The number of nitrogens with one attached hydrogen (secondary N) is 2. The Morgan fingerprint density at radius 2 is 1.80 bits per heavy atom. The predicted octanol–water partition coefficient (Wildman–Crippen LogP) is 3.56. The molecule has 1 spiro atoms. The number of rotatable bonds is 1. The first-order valence-corrected chi connectivity index (χ1v) is 11.2. The summed E-state index contributed by atoms with van der Waals surface area (Å²) in [5.74, 6) is 1.00. The lowest BCUT2D eigenvalue weighted by Crippen LogP contribution is -2.68. The number of amides is 2. The van der Waals surface area contributed by atoms with Crippen LogP contribution in [0.3, 0.4) is 0 Å². The standard InChI is InChI=1S/C25H27N3O2/c29-23-20-7-3-4-8-22(20)26-25(27-23)14-17-9-10-19(25)13-21(17)24(30)28-12-11-16-5-1-2-6-18(16)15-28/h1-8,17,19,21,26H,9-15H2,(H,27,29)/t17?,19?,21?,25-/m1/s1. The van der Waals surface area contributed by atoms with Crippen molar-refractivity contribution < 1.29 is 9.59 Å². The molecule has 3 saturated carbocycles. The Morgan fingerprint density at radius 1 is 1.00 bits per heavy atom. The lowest BCUT2D eigenvalue weighted by atomic mass is 9.58. The number of hydrogen-bond donors (Lipinski definition) is 2. The van der Waals surface area contributed by atoms with Crippen LogP contribution in [0.2, 0.25) is 0 Å². The van der Waals surface area contributed by atoms with E-state index >= 15 is 0 Å². The average molecular weight is 402 g/mol. The van der Waals surface area contributed by atoms with E-state index in [4.69, 9.17) is 0 Å². The van der Waals surface area contributed by atoms with Crippen LogP contribution in [0.4, 0.5) is 5.69 Å². The van der Waals surface area contributed by atoms with Gasteiger partial charge in [-0.3, -0.25) is 9.59 Å². The molecule has 2 heterocycles. The zero-order valence-electron chi connectivity index (χ0n) is 17.1. The van der Waals surface area contributed by atoms with Crippen LogP contribution in [0.1, 0.15) is 47.2 Å². The molecule has 5 heteroatoms. The summed E-state index contributed by atoms with van der Waals surface area (Å²) in [6, 6.07) is 16.2. The molecule has 2 bridgehead atoms. The highest BCUT2D eigenvalue weighted by molar-refractivity contribution is 6.02. The highest BCUT2D eigenvalue weighted by atomic mass is 16.2. The molecule has 2 aliphatic heterocycles. The number of anilines is 1. The summed E-state index contributed by atoms with van der Waals surface area (Å²) in [5.41, 5.74) is 3.89. The highest BCUT2D eigenvalue weighted by Gasteiger charge is 2.55. The number of hydrogen-bond acceptors (Lipinski definition) is 3. The molecule has 2 amide bonds. The maximum absolute atomic E-state index is 13.5. The van der Waals surface area contributed by atoms with Gasteiger partial charge in [0.25, 0.3) is 5.91 Å². The third-order valence-electron chi connectivity index (χ3n) is 7.90. The first-order chi connectivity index (χ1) is 14.6. The first-order valence-electron chi connectivity index (χ1n) is 11.2. The topological polar surface area (TPSA) is 61.4 Å². The molecule has 30 heavy (non-hydrogen) atoms. The SMILES string of the molecule is O=C1N[C@@]2(CC3CCC2CC3C(=O)N2CCc3ccccc3C2)Nc2ccccc21. The first kappa shape index (κ1) is 18.0. The summed E-state index contributed by atoms with van der Waals surface area (Å²) < 4.78 is 0. The van der Waals surface area contributed by atoms with E-state index in [1.807, 2.05) is 24.3 Å². The quantitative estimate of drug-likeness (QED) is 0.768. The number of benzene rings is 2. The second kappa shape index (κ2) is 6.59. The van der Waals surface area contributed by atoms with E-state index in [9.17, 15) is 9.59 Å². The van der Waals surface area contributed by atoms with Crippen molar-refractivity contribution in [3.8, 4) is 0 Å². The molecule has 2 aromatic carbocycles. The maximum Gasteiger partial charge on any atom is 0.255 e. The molecule has 5 nitrogen and oxygen atoms in total. The Kier molecular flexibility index (Phi) is 3.95. The molecule has 3 unspecified atom stereocenters. The van der Waals surface area contributed by atoms with Gasteiger partial charge in [-0.05, 0) is 61.3 Å². The van der Waals surface area contributed by atoms with Crippen LogP contribution in [0.25, 0.3) is 0 Å². The fraction of sp³-hybridized carbons (Fsp3) is 0.440. The number of nitrogens with zero attached hydrogens (tertiary/aromatic N) is 1. The van der Waals surface area contributed by atoms with Gasteiger partial charge in [-0.2, -0.15) is 0 Å². The molecule has 3 aliphatic carbocycles. The van der Waals surface area contributed by atoms with Crippen molar-refractivity contribution in [1.82, 2.24) is 10.2 Å². The molecule has 0 aromatic heterocycles. The van der Waals surface area contributed by atoms with Gasteiger partial charge in [0.15, 0.2) is 0 Å². The van der Waals surface area contributed by atoms with Gasteiger partial charge in [-0.25, -0.2) is 0 Å². The third-order valence-corrected chi connectivity index (χ3v) is 7.90. The smallest absolute Gasteiger partial charge is 0.255 e. The van der Waals surface area contributed by atoms with E-state index in [2.05, 4.69) is 39.8 Å². The second-order valence-corrected chi connectivity index (χ2v) is 9.46. The van der Waals surface area contributed by atoms with Crippen molar-refractivity contribution in [1.29, 1.82) is 0 Å². The average Bonchev–Trinajstić information content (AvgIpc) is 2.78. The summed E-state index contributed by atoms with van der Waals surface area (Å²) in [4.78, 5) is 28.4. The zero-order chi connectivity index (χ0) is 20.3. The Labute approximate surface area is 176 Å². The van der Waals surface area contributed by atoms with Gasteiger partial charge in [0, 0.05) is 30.6 Å². The van der Waals surface area contributed by atoms with Crippen molar-refractivity contribution in [2.75, 3.05) is 11.9 Å². The van der Waals surface area contributed by atoms with Gasteiger partial charge in [0.2, 0.25) is 5.91 Å². The Balaban J connectivity index is 1.22. The fourth-order valence-electron chi connectivity index (χ4n) is 6.36. The van der Waals surface area contributed by atoms with Gasteiger partial charge < -0.3 is 15.5 Å². The van der Waals surface area contributed by atoms with Crippen LogP contribution in [0.5, 0.6) is 0 Å². The van der Waals surface area contributed by atoms with E-state index in [0.29, 0.717) is 17.4 Å². The second-order valence-electron chi connectivity index (χ2n) is 9.46. The van der Waals surface area contributed by atoms with Crippen LogP contribution >= 0.6 is 0 Å². The Morgan fingerprint density at radius 3 is 2.63 bits per heavy atom. The summed E-state index contributed by atoms with van der Waals surface area (Å²) >= 11 is 0. The van der Waals surface area contributed by atoms with Gasteiger partial charge in [0.1, 0.15) is 5.66 Å². The molecule has 0 radical (unpaired) electrons. The predicted molar refractivity (Wildman–Crippen MR) is 115 cm³/mol.